The number of amides is 1. The van der Waals surface area contributed by atoms with Crippen LogP contribution in [0.5, 0.6) is 0 Å². The molecule has 1 aromatic carbocycles. The molecule has 0 aliphatic rings. The van der Waals surface area contributed by atoms with E-state index in [0.29, 0.717) is 12.8 Å². The summed E-state index contributed by atoms with van der Waals surface area (Å²) in [6.07, 6.45) is 2.26. The van der Waals surface area contributed by atoms with Crippen LogP contribution in [0.4, 0.5) is 8.78 Å². The Hall–Kier alpha value is -2.24. The fourth-order valence-corrected chi connectivity index (χ4v) is 1.82. The summed E-state index contributed by atoms with van der Waals surface area (Å²) in [5, 5.41) is 2.48. The predicted octanol–water partition coefficient (Wildman–Crippen LogP) is 2.13. The molecule has 114 valence electrons. The van der Waals surface area contributed by atoms with Crippen molar-refractivity contribution >= 4 is 11.9 Å². The fourth-order valence-electron chi connectivity index (χ4n) is 1.82. The van der Waals surface area contributed by atoms with Crippen molar-refractivity contribution in [3.8, 4) is 0 Å². The van der Waals surface area contributed by atoms with Crippen LogP contribution < -0.4 is 5.32 Å². The lowest BCUT2D eigenvalue weighted by Crippen LogP contribution is -2.42. The van der Waals surface area contributed by atoms with Crippen LogP contribution in [-0.4, -0.2) is 25.0 Å². The zero-order valence-corrected chi connectivity index (χ0v) is 11.7. The molecule has 1 rings (SSSR count). The predicted molar refractivity (Wildman–Crippen MR) is 73.4 cm³/mol. The lowest BCUT2D eigenvalue weighted by atomic mass is 10.1. The molecule has 0 spiro atoms. The summed E-state index contributed by atoms with van der Waals surface area (Å²) in [6.45, 7) is 3.54. The molecule has 1 atom stereocenters. The first kappa shape index (κ1) is 16.8. The molecule has 0 heterocycles. The summed E-state index contributed by atoms with van der Waals surface area (Å²) < 4.78 is 30.7. The van der Waals surface area contributed by atoms with Gasteiger partial charge < -0.3 is 10.1 Å². The quantitative estimate of drug-likeness (QED) is 0.619. The van der Waals surface area contributed by atoms with E-state index >= 15 is 0 Å². The van der Waals surface area contributed by atoms with Gasteiger partial charge in [-0.1, -0.05) is 6.08 Å². The molecule has 0 saturated heterocycles. The van der Waals surface area contributed by atoms with Crippen LogP contribution in [-0.2, 0) is 20.7 Å². The summed E-state index contributed by atoms with van der Waals surface area (Å²) >= 11 is 0. The van der Waals surface area contributed by atoms with Crippen molar-refractivity contribution in [3.63, 3.8) is 0 Å². The Morgan fingerprint density at radius 3 is 2.48 bits per heavy atom. The van der Waals surface area contributed by atoms with Crippen LogP contribution in [0.25, 0.3) is 0 Å². The van der Waals surface area contributed by atoms with Gasteiger partial charge in [-0.25, -0.2) is 13.6 Å². The number of ether oxygens (including phenoxy) is 1. The maximum absolute atomic E-state index is 13.0. The number of benzene rings is 1. The molecule has 0 radical (unpaired) electrons. The molecule has 0 aliphatic carbocycles. The van der Waals surface area contributed by atoms with Gasteiger partial charge in [0.05, 0.1) is 13.5 Å². The Morgan fingerprint density at radius 1 is 1.33 bits per heavy atom. The lowest BCUT2D eigenvalue weighted by Gasteiger charge is -2.15. The second kappa shape index (κ2) is 8.14. The van der Waals surface area contributed by atoms with Gasteiger partial charge in [0.2, 0.25) is 5.91 Å². The first-order valence-corrected chi connectivity index (χ1v) is 6.39. The number of allylic oxidation sites excluding steroid dienone is 1. The van der Waals surface area contributed by atoms with Crippen molar-refractivity contribution in [2.45, 2.75) is 25.3 Å². The number of halogens is 2. The van der Waals surface area contributed by atoms with Gasteiger partial charge in [-0.3, -0.25) is 4.79 Å². The van der Waals surface area contributed by atoms with E-state index in [-0.39, 0.29) is 12.0 Å². The molecular formula is C15H17F2NO3. The topological polar surface area (TPSA) is 55.4 Å². The second-order valence-electron chi connectivity index (χ2n) is 4.46. The number of methoxy groups -OCH3 is 1. The standard InChI is InChI=1S/C15H17F2NO3/c1-3-4-5-13(15(20)21-2)18-14(19)8-10-6-11(16)9-12(17)7-10/h3,6-7,9,13H,1,4-5,8H2,2H3,(H,18,19)/t13-/m0/s1. The van der Waals surface area contributed by atoms with Gasteiger partial charge in [0.1, 0.15) is 17.7 Å². The highest BCUT2D eigenvalue weighted by atomic mass is 19.1. The smallest absolute Gasteiger partial charge is 0.328 e. The van der Waals surface area contributed by atoms with Crippen LogP contribution in [0.2, 0.25) is 0 Å². The zero-order chi connectivity index (χ0) is 15.8. The van der Waals surface area contributed by atoms with Crippen LogP contribution >= 0.6 is 0 Å². The number of rotatable bonds is 7. The number of hydrogen-bond donors (Lipinski definition) is 1. The summed E-state index contributed by atoms with van der Waals surface area (Å²) in [7, 11) is 1.22. The minimum atomic E-state index is -0.807. The first-order chi connectivity index (χ1) is 9.96. The minimum absolute atomic E-state index is 0.192. The van der Waals surface area contributed by atoms with Gasteiger partial charge in [-0.2, -0.15) is 0 Å². The van der Waals surface area contributed by atoms with Gasteiger partial charge in [-0.05, 0) is 30.5 Å². The SMILES string of the molecule is C=CCC[C@H](NC(=O)Cc1cc(F)cc(F)c1)C(=O)OC. The van der Waals surface area contributed by atoms with E-state index in [4.69, 9.17) is 0 Å². The van der Waals surface area contributed by atoms with E-state index in [2.05, 4.69) is 16.6 Å². The van der Waals surface area contributed by atoms with Gasteiger partial charge >= 0.3 is 5.97 Å². The van der Waals surface area contributed by atoms with Crippen molar-refractivity contribution < 1.29 is 23.1 Å². The van der Waals surface area contributed by atoms with E-state index in [9.17, 15) is 18.4 Å². The highest BCUT2D eigenvalue weighted by molar-refractivity contribution is 5.85. The second-order valence-corrected chi connectivity index (χ2v) is 4.46. The normalized spacial score (nSPS) is 11.6. The monoisotopic (exact) mass is 297 g/mol. The molecule has 1 N–H and O–H groups in total. The van der Waals surface area contributed by atoms with Crippen molar-refractivity contribution in [1.29, 1.82) is 0 Å². The van der Waals surface area contributed by atoms with Crippen LogP contribution in [0.3, 0.4) is 0 Å². The van der Waals surface area contributed by atoms with E-state index in [1.807, 2.05) is 0 Å². The molecule has 0 aromatic heterocycles. The molecule has 0 saturated carbocycles. The van der Waals surface area contributed by atoms with Gasteiger partial charge in [0.25, 0.3) is 0 Å². The molecule has 21 heavy (non-hydrogen) atoms. The molecule has 4 nitrogen and oxygen atoms in total. The Morgan fingerprint density at radius 2 is 1.95 bits per heavy atom. The average molecular weight is 297 g/mol. The highest BCUT2D eigenvalue weighted by Crippen LogP contribution is 2.09. The number of carbonyl (C=O) groups is 2. The summed E-state index contributed by atoms with van der Waals surface area (Å²) in [5.74, 6) is -2.60. The molecule has 0 unspecified atom stereocenters. The lowest BCUT2D eigenvalue weighted by molar-refractivity contribution is -0.145. The van der Waals surface area contributed by atoms with Crippen molar-refractivity contribution in [3.05, 3.63) is 48.1 Å². The van der Waals surface area contributed by atoms with E-state index in [0.717, 1.165) is 18.2 Å². The average Bonchev–Trinajstić information content (AvgIpc) is 2.41. The Kier molecular flexibility index (Phi) is 6.52. The van der Waals surface area contributed by atoms with Crippen molar-refractivity contribution in [2.24, 2.45) is 0 Å². The maximum atomic E-state index is 13.0. The largest absolute Gasteiger partial charge is 0.467 e. The van der Waals surface area contributed by atoms with Crippen LogP contribution in [0.1, 0.15) is 18.4 Å². The molecule has 0 fully saturated rings. The van der Waals surface area contributed by atoms with Crippen molar-refractivity contribution in [2.75, 3.05) is 7.11 Å². The number of carbonyl (C=O) groups excluding carboxylic acids is 2. The van der Waals surface area contributed by atoms with Crippen LogP contribution in [0.15, 0.2) is 30.9 Å². The van der Waals surface area contributed by atoms with E-state index < -0.39 is 29.6 Å². The highest BCUT2D eigenvalue weighted by Gasteiger charge is 2.20. The van der Waals surface area contributed by atoms with Crippen molar-refractivity contribution in [1.82, 2.24) is 5.32 Å². The molecule has 0 aliphatic heterocycles. The Labute approximate surface area is 121 Å². The molecule has 0 bridgehead atoms. The van der Waals surface area contributed by atoms with Gasteiger partial charge in [0.15, 0.2) is 0 Å². The van der Waals surface area contributed by atoms with Gasteiger partial charge in [-0.15, -0.1) is 6.58 Å². The number of hydrogen-bond acceptors (Lipinski definition) is 3. The summed E-state index contributed by atoms with van der Waals surface area (Å²) in [4.78, 5) is 23.4. The third-order valence-electron chi connectivity index (χ3n) is 2.77. The fraction of sp³-hybridized carbons (Fsp3) is 0.333. The van der Waals surface area contributed by atoms with E-state index in [1.54, 1.807) is 6.08 Å². The Bertz CT molecular complexity index is 511. The summed E-state index contributed by atoms with van der Waals surface area (Å²) in [5.41, 5.74) is 0.192. The maximum Gasteiger partial charge on any atom is 0.328 e. The first-order valence-electron chi connectivity index (χ1n) is 6.39. The molecule has 1 amide bonds. The minimum Gasteiger partial charge on any atom is -0.467 e. The molecule has 1 aromatic rings. The number of esters is 1. The zero-order valence-electron chi connectivity index (χ0n) is 11.7. The van der Waals surface area contributed by atoms with Gasteiger partial charge in [0, 0.05) is 6.07 Å². The Balaban J connectivity index is 2.68. The van der Waals surface area contributed by atoms with Crippen LogP contribution in [0, 0.1) is 11.6 Å². The van der Waals surface area contributed by atoms with E-state index in [1.165, 1.54) is 7.11 Å². The molecule has 6 heteroatoms. The molecular weight excluding hydrogens is 280 g/mol. The third-order valence-corrected chi connectivity index (χ3v) is 2.77. The summed E-state index contributed by atoms with van der Waals surface area (Å²) in [6, 6.07) is 2.06. The number of nitrogens with one attached hydrogen (secondary N) is 1. The third kappa shape index (κ3) is 5.72.